The topological polar surface area (TPSA) is 72.7 Å². The average Bonchev–Trinajstić information content (AvgIpc) is 2.67. The molecule has 1 aliphatic heterocycles. The van der Waals surface area contributed by atoms with E-state index >= 15 is 0 Å². The highest BCUT2D eigenvalue weighted by atomic mass is 33.1. The standard InChI is InChI=1S/C18H26N2O4S3/c1-18(2,7-8-19-9-11-24-12-10-19)17(21)25-13-14-26-27-16-5-3-15(4-6-16)20(22)23/h3-6H,7-14H2,1-2H3. The molecule has 0 saturated carbocycles. The summed E-state index contributed by atoms with van der Waals surface area (Å²) in [5.74, 6) is 1.61. The van der Waals surface area contributed by atoms with Crippen LogP contribution in [0.3, 0.4) is 0 Å². The maximum Gasteiger partial charge on any atom is 0.269 e. The summed E-state index contributed by atoms with van der Waals surface area (Å²) in [6, 6.07) is 6.53. The molecule has 0 amide bonds. The van der Waals surface area contributed by atoms with Gasteiger partial charge in [-0.1, -0.05) is 47.2 Å². The number of hydrogen-bond donors (Lipinski definition) is 0. The SMILES string of the molecule is CC(C)(CCN1CCOCC1)C(=O)SCCSSc1ccc([N+](=O)[O-])cc1. The van der Waals surface area contributed by atoms with Gasteiger partial charge in [0.2, 0.25) is 0 Å². The number of morpholine rings is 1. The van der Waals surface area contributed by atoms with E-state index in [1.54, 1.807) is 33.7 Å². The first kappa shape index (κ1) is 22.5. The second kappa shape index (κ2) is 11.3. The van der Waals surface area contributed by atoms with Gasteiger partial charge in [-0.3, -0.25) is 19.8 Å². The molecule has 150 valence electrons. The van der Waals surface area contributed by atoms with Crippen LogP contribution in [0.5, 0.6) is 0 Å². The van der Waals surface area contributed by atoms with Gasteiger partial charge >= 0.3 is 0 Å². The Hall–Kier alpha value is -0.740. The number of benzene rings is 1. The maximum absolute atomic E-state index is 12.5. The monoisotopic (exact) mass is 430 g/mol. The van der Waals surface area contributed by atoms with Crippen molar-refractivity contribution < 1.29 is 14.5 Å². The van der Waals surface area contributed by atoms with Crippen molar-refractivity contribution >= 4 is 44.2 Å². The molecular formula is C18H26N2O4S3. The van der Waals surface area contributed by atoms with Gasteiger partial charge in [-0.25, -0.2) is 0 Å². The van der Waals surface area contributed by atoms with Gasteiger partial charge in [0.15, 0.2) is 5.12 Å². The Balaban J connectivity index is 1.61. The zero-order valence-electron chi connectivity index (χ0n) is 15.7. The molecule has 2 rings (SSSR count). The lowest BCUT2D eigenvalue weighted by Gasteiger charge is -2.30. The number of non-ortho nitro benzene ring substituents is 1. The van der Waals surface area contributed by atoms with E-state index in [4.69, 9.17) is 4.74 Å². The Labute approximate surface area is 172 Å². The normalized spacial score (nSPS) is 15.6. The van der Waals surface area contributed by atoms with Crippen LogP contribution in [0, 0.1) is 15.5 Å². The minimum absolute atomic E-state index is 0.102. The minimum Gasteiger partial charge on any atom is -0.379 e. The van der Waals surface area contributed by atoms with E-state index in [-0.39, 0.29) is 16.2 Å². The van der Waals surface area contributed by atoms with Gasteiger partial charge in [0.05, 0.1) is 18.1 Å². The van der Waals surface area contributed by atoms with Crippen molar-refractivity contribution in [3.63, 3.8) is 0 Å². The van der Waals surface area contributed by atoms with E-state index < -0.39 is 4.92 Å². The van der Waals surface area contributed by atoms with Crippen molar-refractivity contribution in [2.24, 2.45) is 5.41 Å². The van der Waals surface area contributed by atoms with E-state index in [0.717, 1.165) is 55.7 Å². The van der Waals surface area contributed by atoms with Crippen LogP contribution in [-0.4, -0.2) is 59.3 Å². The molecule has 0 aliphatic carbocycles. The molecule has 0 radical (unpaired) electrons. The van der Waals surface area contributed by atoms with Crippen molar-refractivity contribution in [3.05, 3.63) is 34.4 Å². The second-order valence-corrected chi connectivity index (χ2v) is 10.4. The number of hydrogen-bond acceptors (Lipinski definition) is 8. The highest BCUT2D eigenvalue weighted by Crippen LogP contribution is 2.34. The van der Waals surface area contributed by atoms with E-state index in [9.17, 15) is 14.9 Å². The largest absolute Gasteiger partial charge is 0.379 e. The molecule has 9 heteroatoms. The molecule has 0 unspecified atom stereocenters. The van der Waals surface area contributed by atoms with Crippen molar-refractivity contribution in [1.29, 1.82) is 0 Å². The number of thioether (sulfide) groups is 1. The predicted octanol–water partition coefficient (Wildman–Crippen LogP) is 4.34. The zero-order valence-corrected chi connectivity index (χ0v) is 18.2. The summed E-state index contributed by atoms with van der Waals surface area (Å²) in [7, 11) is 3.24. The average molecular weight is 431 g/mol. The summed E-state index contributed by atoms with van der Waals surface area (Å²) in [5, 5.41) is 10.9. The summed E-state index contributed by atoms with van der Waals surface area (Å²) < 4.78 is 5.36. The van der Waals surface area contributed by atoms with Crippen LogP contribution in [0.25, 0.3) is 0 Å². The molecule has 0 atom stereocenters. The number of nitro groups is 1. The molecule has 6 nitrogen and oxygen atoms in total. The lowest BCUT2D eigenvalue weighted by atomic mass is 9.91. The highest BCUT2D eigenvalue weighted by Gasteiger charge is 2.28. The third kappa shape index (κ3) is 8.03. The fraction of sp³-hybridized carbons (Fsp3) is 0.611. The van der Waals surface area contributed by atoms with Gasteiger partial charge in [0.25, 0.3) is 5.69 Å². The molecule has 1 aromatic rings. The highest BCUT2D eigenvalue weighted by molar-refractivity contribution is 8.76. The zero-order chi connectivity index (χ0) is 19.7. The van der Waals surface area contributed by atoms with Crippen molar-refractivity contribution in [2.75, 3.05) is 44.4 Å². The molecule has 0 aromatic heterocycles. The third-order valence-corrected chi connectivity index (χ3v) is 8.18. The van der Waals surface area contributed by atoms with Crippen LogP contribution in [0.4, 0.5) is 5.69 Å². The van der Waals surface area contributed by atoms with Crippen LogP contribution < -0.4 is 0 Å². The number of nitro benzene ring substituents is 1. The fourth-order valence-corrected chi connectivity index (χ4v) is 5.82. The molecule has 1 heterocycles. The number of nitrogens with zero attached hydrogens (tertiary/aromatic N) is 2. The summed E-state index contributed by atoms with van der Waals surface area (Å²) in [6.07, 6.45) is 0.865. The molecule has 1 aliphatic rings. The lowest BCUT2D eigenvalue weighted by Crippen LogP contribution is -2.39. The minimum atomic E-state index is -0.398. The van der Waals surface area contributed by atoms with Crippen LogP contribution in [0.15, 0.2) is 29.2 Å². The lowest BCUT2D eigenvalue weighted by molar-refractivity contribution is -0.384. The Morgan fingerprint density at radius 3 is 2.52 bits per heavy atom. The van der Waals surface area contributed by atoms with Gasteiger partial charge in [-0.2, -0.15) is 0 Å². The third-order valence-electron chi connectivity index (χ3n) is 4.31. The molecule has 0 N–H and O–H groups in total. The van der Waals surface area contributed by atoms with Gasteiger partial charge in [-0.05, 0) is 25.1 Å². The quantitative estimate of drug-likeness (QED) is 0.235. The summed E-state index contributed by atoms with van der Waals surface area (Å²) in [6.45, 7) is 8.47. The molecule has 1 aromatic carbocycles. The molecule has 0 spiro atoms. The Morgan fingerprint density at radius 1 is 1.22 bits per heavy atom. The smallest absolute Gasteiger partial charge is 0.269 e. The number of ether oxygens (including phenoxy) is 1. The Morgan fingerprint density at radius 2 is 1.89 bits per heavy atom. The van der Waals surface area contributed by atoms with E-state index in [1.165, 1.54) is 23.9 Å². The first-order valence-corrected chi connectivity index (χ1v) is 12.2. The molecule has 27 heavy (non-hydrogen) atoms. The van der Waals surface area contributed by atoms with Crippen molar-refractivity contribution in [2.45, 2.75) is 25.2 Å². The summed E-state index contributed by atoms with van der Waals surface area (Å²) in [4.78, 5) is 26.1. The van der Waals surface area contributed by atoms with E-state index in [0.29, 0.717) is 0 Å². The first-order chi connectivity index (χ1) is 12.9. The molecule has 1 fully saturated rings. The number of carbonyl (C=O) groups excluding carboxylic acids is 1. The van der Waals surface area contributed by atoms with Crippen molar-refractivity contribution in [3.8, 4) is 0 Å². The molecular weight excluding hydrogens is 404 g/mol. The first-order valence-electron chi connectivity index (χ1n) is 8.90. The Bertz CT molecular complexity index is 620. The van der Waals surface area contributed by atoms with Crippen LogP contribution >= 0.6 is 33.3 Å². The van der Waals surface area contributed by atoms with Gasteiger partial charge in [0.1, 0.15) is 0 Å². The maximum atomic E-state index is 12.5. The van der Waals surface area contributed by atoms with Gasteiger partial charge < -0.3 is 4.74 Å². The van der Waals surface area contributed by atoms with E-state index in [2.05, 4.69) is 4.90 Å². The van der Waals surface area contributed by atoms with Gasteiger partial charge in [-0.15, -0.1) is 0 Å². The predicted molar refractivity (Wildman–Crippen MR) is 115 cm³/mol. The molecule has 1 saturated heterocycles. The second-order valence-electron chi connectivity index (χ2n) is 6.88. The molecule has 0 bridgehead atoms. The Kier molecular flexibility index (Phi) is 9.44. The summed E-state index contributed by atoms with van der Waals surface area (Å²) in [5.41, 5.74) is -0.219. The number of carbonyl (C=O) groups is 1. The van der Waals surface area contributed by atoms with Crippen LogP contribution in [-0.2, 0) is 9.53 Å². The van der Waals surface area contributed by atoms with Crippen LogP contribution in [0.2, 0.25) is 0 Å². The van der Waals surface area contributed by atoms with Gasteiger partial charge in [0, 0.05) is 47.0 Å². The number of rotatable bonds is 10. The van der Waals surface area contributed by atoms with Crippen molar-refractivity contribution in [1.82, 2.24) is 4.90 Å². The van der Waals surface area contributed by atoms with E-state index in [1.807, 2.05) is 13.8 Å². The summed E-state index contributed by atoms with van der Waals surface area (Å²) >= 11 is 1.41. The fourth-order valence-electron chi connectivity index (χ4n) is 2.46. The van der Waals surface area contributed by atoms with Crippen LogP contribution in [0.1, 0.15) is 20.3 Å².